The van der Waals surface area contributed by atoms with E-state index in [2.05, 4.69) is 47.5 Å². The Morgan fingerprint density at radius 3 is 2.08 bits per heavy atom. The summed E-state index contributed by atoms with van der Waals surface area (Å²) in [5.74, 6) is -0.379. The zero-order valence-corrected chi connectivity index (χ0v) is 24.7. The first-order chi connectivity index (χ1) is 18.2. The largest absolute Gasteiger partial charge is 0.358 e. The van der Waals surface area contributed by atoms with E-state index in [-0.39, 0.29) is 23.8 Å². The molecular formula is C27H23Br2FN4O2S2. The Kier molecular flexibility index (Phi) is 9.61. The van der Waals surface area contributed by atoms with Gasteiger partial charge in [0.05, 0.1) is 4.90 Å². The molecule has 0 aliphatic heterocycles. The van der Waals surface area contributed by atoms with Crippen LogP contribution in [0.1, 0.15) is 16.7 Å². The highest BCUT2D eigenvalue weighted by atomic mass is 79.9. The van der Waals surface area contributed by atoms with E-state index in [4.69, 9.17) is 12.2 Å². The van der Waals surface area contributed by atoms with Gasteiger partial charge in [-0.1, -0.05) is 44.0 Å². The van der Waals surface area contributed by atoms with Gasteiger partial charge in [0, 0.05) is 46.7 Å². The van der Waals surface area contributed by atoms with Crippen LogP contribution < -0.4 is 10.6 Å². The van der Waals surface area contributed by atoms with Gasteiger partial charge in [0.25, 0.3) is 0 Å². The number of sulfonamides is 1. The summed E-state index contributed by atoms with van der Waals surface area (Å²) < 4.78 is 43.9. The third kappa shape index (κ3) is 7.90. The summed E-state index contributed by atoms with van der Waals surface area (Å²) in [6.07, 6.45) is 3.42. The van der Waals surface area contributed by atoms with E-state index in [1.165, 1.54) is 28.6 Å². The lowest BCUT2D eigenvalue weighted by molar-refractivity contribution is 0.401. The molecule has 0 saturated carbocycles. The van der Waals surface area contributed by atoms with Crippen molar-refractivity contribution in [2.75, 3.05) is 5.32 Å². The van der Waals surface area contributed by atoms with Gasteiger partial charge in [0.1, 0.15) is 5.82 Å². The molecular weight excluding hydrogens is 655 g/mol. The second-order valence-electron chi connectivity index (χ2n) is 8.36. The van der Waals surface area contributed by atoms with E-state index >= 15 is 0 Å². The predicted octanol–water partition coefficient (Wildman–Crippen LogP) is 6.62. The summed E-state index contributed by atoms with van der Waals surface area (Å²) in [5.41, 5.74) is 3.15. The monoisotopic (exact) mass is 676 g/mol. The topological polar surface area (TPSA) is 74.3 Å². The van der Waals surface area contributed by atoms with Crippen molar-refractivity contribution in [3.8, 4) is 0 Å². The van der Waals surface area contributed by atoms with E-state index < -0.39 is 10.0 Å². The van der Waals surface area contributed by atoms with Gasteiger partial charge in [0.2, 0.25) is 10.0 Å². The Balaban J connectivity index is 1.51. The molecule has 4 rings (SSSR count). The number of thiocarbonyl (C=S) groups is 1. The van der Waals surface area contributed by atoms with Crippen LogP contribution in [0.4, 0.5) is 10.1 Å². The lowest BCUT2D eigenvalue weighted by Crippen LogP contribution is -2.30. The van der Waals surface area contributed by atoms with E-state index in [9.17, 15) is 12.8 Å². The maximum atomic E-state index is 13.7. The number of nitrogens with one attached hydrogen (secondary N) is 2. The summed E-state index contributed by atoms with van der Waals surface area (Å²) in [7, 11) is -3.90. The predicted molar refractivity (Wildman–Crippen MR) is 158 cm³/mol. The standard InChI is InChI=1S/C27H23Br2FN4O2S2/c28-22-13-21(14-23(29)15-22)18-34(17-20-1-3-24(30)4-2-20)38(35,36)26-7-5-25(6-8-26)33-27(37)32-16-19-9-11-31-12-10-19/h1-15H,16-18H2,(H2,32,33,37). The number of halogens is 3. The van der Waals surface area contributed by atoms with E-state index in [0.717, 1.165) is 20.1 Å². The maximum Gasteiger partial charge on any atom is 0.243 e. The van der Waals surface area contributed by atoms with Crippen molar-refractivity contribution in [3.05, 3.63) is 123 Å². The fraction of sp³-hybridized carbons (Fsp3) is 0.111. The molecule has 11 heteroatoms. The lowest BCUT2D eigenvalue weighted by atomic mass is 10.2. The molecule has 0 spiro atoms. The number of nitrogens with zero attached hydrogens (tertiary/aromatic N) is 2. The molecule has 0 aliphatic rings. The Hall–Kier alpha value is -2.70. The minimum absolute atomic E-state index is 0.0791. The quantitative estimate of drug-likeness (QED) is 0.194. The molecule has 0 atom stereocenters. The van der Waals surface area contributed by atoms with Gasteiger partial charge in [-0.15, -0.1) is 0 Å². The average molecular weight is 678 g/mol. The van der Waals surface area contributed by atoms with Crippen LogP contribution in [-0.4, -0.2) is 22.8 Å². The number of aromatic nitrogens is 1. The highest BCUT2D eigenvalue weighted by molar-refractivity contribution is 9.11. The van der Waals surface area contributed by atoms with Crippen molar-refractivity contribution in [1.29, 1.82) is 0 Å². The normalized spacial score (nSPS) is 11.4. The summed E-state index contributed by atoms with van der Waals surface area (Å²) in [6.45, 7) is 0.737. The van der Waals surface area contributed by atoms with Crippen LogP contribution in [-0.2, 0) is 29.7 Å². The van der Waals surface area contributed by atoms with Crippen LogP contribution in [0, 0.1) is 5.82 Å². The number of hydrogen-bond acceptors (Lipinski definition) is 4. The molecule has 0 aliphatic carbocycles. The second-order valence-corrected chi connectivity index (χ2v) is 12.5. The van der Waals surface area contributed by atoms with Crippen molar-refractivity contribution in [3.63, 3.8) is 0 Å². The maximum absolute atomic E-state index is 13.7. The SMILES string of the molecule is O=S(=O)(c1ccc(NC(=S)NCc2ccncc2)cc1)N(Cc1ccc(F)cc1)Cc1cc(Br)cc(Br)c1. The van der Waals surface area contributed by atoms with Crippen molar-refractivity contribution in [2.45, 2.75) is 24.5 Å². The Morgan fingerprint density at radius 2 is 1.45 bits per heavy atom. The summed E-state index contributed by atoms with van der Waals surface area (Å²) in [4.78, 5) is 4.12. The van der Waals surface area contributed by atoms with Crippen molar-refractivity contribution in [2.24, 2.45) is 0 Å². The molecule has 0 unspecified atom stereocenters. The molecule has 38 heavy (non-hydrogen) atoms. The van der Waals surface area contributed by atoms with Crippen molar-refractivity contribution in [1.82, 2.24) is 14.6 Å². The molecule has 1 heterocycles. The third-order valence-electron chi connectivity index (χ3n) is 5.51. The molecule has 3 aromatic carbocycles. The number of pyridine rings is 1. The average Bonchev–Trinajstić information content (AvgIpc) is 2.89. The number of hydrogen-bond donors (Lipinski definition) is 2. The number of anilines is 1. The first-order valence-corrected chi connectivity index (χ1v) is 14.9. The molecule has 4 aromatic rings. The minimum Gasteiger partial charge on any atom is -0.358 e. The highest BCUT2D eigenvalue weighted by Gasteiger charge is 2.25. The van der Waals surface area contributed by atoms with Crippen LogP contribution in [0.3, 0.4) is 0 Å². The lowest BCUT2D eigenvalue weighted by Gasteiger charge is -2.23. The van der Waals surface area contributed by atoms with Crippen LogP contribution in [0.15, 0.2) is 105 Å². The molecule has 0 bridgehead atoms. The Bertz CT molecular complexity index is 1480. The molecule has 0 saturated heterocycles. The van der Waals surface area contributed by atoms with E-state index in [1.54, 1.807) is 36.7 Å². The Labute approximate surface area is 243 Å². The molecule has 0 radical (unpaired) electrons. The fourth-order valence-corrected chi connectivity index (χ4v) is 6.64. The minimum atomic E-state index is -3.90. The van der Waals surface area contributed by atoms with Gasteiger partial charge < -0.3 is 10.6 Å². The molecule has 0 fully saturated rings. The van der Waals surface area contributed by atoms with Gasteiger partial charge in [0.15, 0.2) is 5.11 Å². The molecule has 196 valence electrons. The molecule has 6 nitrogen and oxygen atoms in total. The first kappa shape index (κ1) is 28.3. The van der Waals surface area contributed by atoms with Crippen LogP contribution in [0.25, 0.3) is 0 Å². The Morgan fingerprint density at radius 1 is 0.842 bits per heavy atom. The van der Waals surface area contributed by atoms with Crippen LogP contribution in [0.5, 0.6) is 0 Å². The first-order valence-electron chi connectivity index (χ1n) is 11.4. The van der Waals surface area contributed by atoms with E-state index in [1.807, 2.05) is 30.3 Å². The van der Waals surface area contributed by atoms with Gasteiger partial charge >= 0.3 is 0 Å². The number of rotatable bonds is 9. The molecule has 1 aromatic heterocycles. The van der Waals surface area contributed by atoms with Crippen LogP contribution >= 0.6 is 44.1 Å². The number of benzene rings is 3. The highest BCUT2D eigenvalue weighted by Crippen LogP contribution is 2.26. The van der Waals surface area contributed by atoms with Crippen LogP contribution in [0.2, 0.25) is 0 Å². The summed E-state index contributed by atoms with van der Waals surface area (Å²) >= 11 is 12.3. The van der Waals surface area contributed by atoms with Gasteiger partial charge in [-0.2, -0.15) is 4.31 Å². The summed E-state index contributed by atoms with van der Waals surface area (Å²) in [6, 6.07) is 21.6. The van der Waals surface area contributed by atoms with Gasteiger partial charge in [-0.05, 0) is 95.6 Å². The third-order valence-corrected chi connectivity index (χ3v) is 8.47. The van der Waals surface area contributed by atoms with E-state index in [0.29, 0.717) is 22.9 Å². The molecule has 2 N–H and O–H groups in total. The smallest absolute Gasteiger partial charge is 0.243 e. The summed E-state index contributed by atoms with van der Waals surface area (Å²) in [5, 5.41) is 6.59. The fourth-order valence-electron chi connectivity index (χ4n) is 3.64. The van der Waals surface area contributed by atoms with Crippen molar-refractivity contribution < 1.29 is 12.8 Å². The van der Waals surface area contributed by atoms with Crippen molar-refractivity contribution >= 4 is 64.9 Å². The van der Waals surface area contributed by atoms with Gasteiger partial charge in [-0.25, -0.2) is 12.8 Å². The molecule has 0 amide bonds. The van der Waals surface area contributed by atoms with Gasteiger partial charge in [-0.3, -0.25) is 4.98 Å². The zero-order chi connectivity index (χ0) is 27.1. The second kappa shape index (κ2) is 12.9. The zero-order valence-electron chi connectivity index (χ0n) is 19.9.